The van der Waals surface area contributed by atoms with E-state index in [0.717, 1.165) is 6.42 Å². The average Bonchev–Trinajstić information content (AvgIpc) is 2.70. The zero-order valence-corrected chi connectivity index (χ0v) is 9.87. The molecule has 7 heteroatoms. The van der Waals surface area contributed by atoms with E-state index in [1.165, 1.54) is 15.5 Å². The maximum atomic E-state index is 11.8. The third kappa shape index (κ3) is 1.65. The van der Waals surface area contributed by atoms with Crippen LogP contribution in [0.5, 0.6) is 0 Å². The van der Waals surface area contributed by atoms with Gasteiger partial charge in [-0.3, -0.25) is 13.9 Å². The Morgan fingerprint density at radius 1 is 1.44 bits per heavy atom. The number of aromatic amines is 1. The number of imidazole rings is 1. The Kier molecular flexibility index (Phi) is 3.54. The molecule has 0 aliphatic rings. The Hall–Kier alpha value is -1.56. The van der Waals surface area contributed by atoms with Gasteiger partial charge in [0.25, 0.3) is 5.56 Å². The number of hydrogen-bond donors (Lipinski definition) is 1. The Bertz CT molecular complexity index is 610. The van der Waals surface area contributed by atoms with E-state index in [1.807, 2.05) is 6.92 Å². The van der Waals surface area contributed by atoms with Gasteiger partial charge in [-0.15, -0.1) is 12.4 Å². The topological polar surface area (TPSA) is 72.7 Å². The van der Waals surface area contributed by atoms with Crippen molar-refractivity contribution in [1.82, 2.24) is 19.1 Å². The third-order valence-corrected chi connectivity index (χ3v) is 2.36. The molecule has 0 aliphatic carbocycles. The zero-order chi connectivity index (χ0) is 11.0. The van der Waals surface area contributed by atoms with Gasteiger partial charge >= 0.3 is 5.69 Å². The van der Waals surface area contributed by atoms with Crippen LogP contribution < -0.4 is 11.2 Å². The van der Waals surface area contributed by atoms with E-state index in [9.17, 15) is 9.59 Å². The number of nitrogens with one attached hydrogen (secondary N) is 1. The summed E-state index contributed by atoms with van der Waals surface area (Å²) >= 11 is 0. The predicted molar refractivity (Wildman–Crippen MR) is 63.1 cm³/mol. The molecule has 0 aliphatic heterocycles. The zero-order valence-electron chi connectivity index (χ0n) is 9.06. The molecule has 0 atom stereocenters. The molecule has 0 unspecified atom stereocenters. The van der Waals surface area contributed by atoms with Gasteiger partial charge in [-0.05, 0) is 6.42 Å². The average molecular weight is 245 g/mol. The van der Waals surface area contributed by atoms with E-state index < -0.39 is 0 Å². The molecular formula is C9H13ClN4O2. The van der Waals surface area contributed by atoms with E-state index in [-0.39, 0.29) is 23.7 Å². The fraction of sp³-hybridized carbons (Fsp3) is 0.444. The minimum absolute atomic E-state index is 0. The van der Waals surface area contributed by atoms with Crippen molar-refractivity contribution in [3.63, 3.8) is 0 Å². The van der Waals surface area contributed by atoms with Crippen LogP contribution in [0.1, 0.15) is 13.3 Å². The summed E-state index contributed by atoms with van der Waals surface area (Å²) in [5, 5.41) is 0. The fourth-order valence-corrected chi connectivity index (χ4v) is 1.61. The molecule has 0 saturated carbocycles. The van der Waals surface area contributed by atoms with Gasteiger partial charge in [0.15, 0.2) is 5.65 Å². The van der Waals surface area contributed by atoms with Crippen molar-refractivity contribution in [3.05, 3.63) is 27.2 Å². The molecule has 1 N–H and O–H groups in total. The summed E-state index contributed by atoms with van der Waals surface area (Å²) in [6.07, 6.45) is 2.16. The molecule has 88 valence electrons. The summed E-state index contributed by atoms with van der Waals surface area (Å²) in [7, 11) is 1.61. The number of H-pyrrole nitrogens is 1. The highest BCUT2D eigenvalue weighted by Crippen LogP contribution is 1.98. The molecule has 0 amide bonds. The van der Waals surface area contributed by atoms with Crippen molar-refractivity contribution < 1.29 is 0 Å². The highest BCUT2D eigenvalue weighted by molar-refractivity contribution is 5.85. The van der Waals surface area contributed by atoms with Crippen molar-refractivity contribution in [1.29, 1.82) is 0 Å². The van der Waals surface area contributed by atoms with E-state index in [1.54, 1.807) is 7.05 Å². The summed E-state index contributed by atoms with van der Waals surface area (Å²) in [6.45, 7) is 2.35. The number of nitrogens with zero attached hydrogens (tertiary/aromatic N) is 3. The predicted octanol–water partition coefficient (Wildman–Crippen LogP) is 0.255. The number of hydrogen-bond acceptors (Lipinski definition) is 3. The molecule has 2 aromatic heterocycles. The lowest BCUT2D eigenvalue weighted by Crippen LogP contribution is -2.39. The summed E-state index contributed by atoms with van der Waals surface area (Å²) < 4.78 is 2.60. The maximum absolute atomic E-state index is 11.8. The van der Waals surface area contributed by atoms with Crippen molar-refractivity contribution in [2.45, 2.75) is 19.9 Å². The Balaban J connectivity index is 0.00000128. The lowest BCUT2D eigenvalue weighted by atomic mass is 10.4. The number of rotatable bonds is 2. The lowest BCUT2D eigenvalue weighted by molar-refractivity contribution is 0.593. The van der Waals surface area contributed by atoms with Crippen molar-refractivity contribution in [2.24, 2.45) is 7.05 Å². The van der Waals surface area contributed by atoms with Gasteiger partial charge in [0.2, 0.25) is 0 Å². The Morgan fingerprint density at radius 3 is 2.75 bits per heavy atom. The van der Waals surface area contributed by atoms with Crippen molar-refractivity contribution >= 4 is 23.6 Å². The summed E-state index contributed by atoms with van der Waals surface area (Å²) in [4.78, 5) is 30.3. The first-order valence-corrected chi connectivity index (χ1v) is 4.79. The van der Waals surface area contributed by atoms with Crippen LogP contribution in [0.2, 0.25) is 0 Å². The molecule has 16 heavy (non-hydrogen) atoms. The van der Waals surface area contributed by atoms with Gasteiger partial charge < -0.3 is 4.98 Å². The molecule has 6 nitrogen and oxygen atoms in total. The largest absolute Gasteiger partial charge is 0.339 e. The summed E-state index contributed by atoms with van der Waals surface area (Å²) in [5.74, 6) is 0. The van der Waals surface area contributed by atoms with Gasteiger partial charge in [-0.25, -0.2) is 9.78 Å². The highest BCUT2D eigenvalue weighted by atomic mass is 35.5. The number of aryl methyl sites for hydroxylation is 1. The second kappa shape index (κ2) is 4.52. The fourth-order valence-electron chi connectivity index (χ4n) is 1.61. The van der Waals surface area contributed by atoms with Crippen LogP contribution in [0.4, 0.5) is 0 Å². The number of fused-ring (bicyclic) bond motifs is 1. The van der Waals surface area contributed by atoms with Gasteiger partial charge in [-0.2, -0.15) is 0 Å². The standard InChI is InChI=1S/C9H12N4O2.ClH/c1-3-4-13-8(14)6-7(11-5-10-6)12(2)9(13)15;/h5H,3-4H2,1-2H3,(H,10,11);1H. The van der Waals surface area contributed by atoms with Crippen LogP contribution in [0.3, 0.4) is 0 Å². The molecule has 0 aromatic carbocycles. The van der Waals surface area contributed by atoms with Gasteiger partial charge in [0, 0.05) is 13.6 Å². The van der Waals surface area contributed by atoms with Gasteiger partial charge in [0.05, 0.1) is 6.33 Å². The molecule has 0 saturated heterocycles. The monoisotopic (exact) mass is 244 g/mol. The van der Waals surface area contributed by atoms with E-state index >= 15 is 0 Å². The second-order valence-electron chi connectivity index (χ2n) is 3.40. The molecule has 0 fully saturated rings. The minimum Gasteiger partial charge on any atom is -0.339 e. The molecule has 2 heterocycles. The first kappa shape index (κ1) is 12.5. The van der Waals surface area contributed by atoms with E-state index in [2.05, 4.69) is 9.97 Å². The molecular weight excluding hydrogens is 232 g/mol. The van der Waals surface area contributed by atoms with Crippen LogP contribution in [-0.4, -0.2) is 19.1 Å². The molecule has 0 spiro atoms. The van der Waals surface area contributed by atoms with Crippen LogP contribution >= 0.6 is 12.4 Å². The maximum Gasteiger partial charge on any atom is 0.332 e. The quantitative estimate of drug-likeness (QED) is 0.823. The third-order valence-electron chi connectivity index (χ3n) is 2.36. The van der Waals surface area contributed by atoms with Crippen LogP contribution in [-0.2, 0) is 13.6 Å². The van der Waals surface area contributed by atoms with Gasteiger partial charge in [-0.1, -0.05) is 6.92 Å². The van der Waals surface area contributed by atoms with Crippen molar-refractivity contribution in [3.8, 4) is 0 Å². The highest BCUT2D eigenvalue weighted by Gasteiger charge is 2.11. The van der Waals surface area contributed by atoms with Gasteiger partial charge in [0.1, 0.15) is 5.52 Å². The summed E-state index contributed by atoms with van der Waals surface area (Å²) in [6, 6.07) is 0. The molecule has 0 bridgehead atoms. The number of aromatic nitrogens is 4. The first-order valence-electron chi connectivity index (χ1n) is 4.79. The van der Waals surface area contributed by atoms with E-state index in [4.69, 9.17) is 0 Å². The molecule has 2 aromatic rings. The van der Waals surface area contributed by atoms with Crippen LogP contribution in [0, 0.1) is 0 Å². The second-order valence-corrected chi connectivity index (χ2v) is 3.40. The van der Waals surface area contributed by atoms with Crippen molar-refractivity contribution in [2.75, 3.05) is 0 Å². The normalized spacial score (nSPS) is 10.4. The molecule has 0 radical (unpaired) electrons. The Morgan fingerprint density at radius 2 is 2.12 bits per heavy atom. The minimum atomic E-state index is -0.318. The summed E-state index contributed by atoms with van der Waals surface area (Å²) in [5.41, 5.74) is 0.164. The van der Waals surface area contributed by atoms with Crippen LogP contribution in [0.25, 0.3) is 11.2 Å². The van der Waals surface area contributed by atoms with E-state index in [0.29, 0.717) is 17.7 Å². The first-order chi connectivity index (χ1) is 7.16. The number of halogens is 1. The Labute approximate surface area is 97.3 Å². The lowest BCUT2D eigenvalue weighted by Gasteiger charge is -2.05. The molecule has 2 rings (SSSR count). The van der Waals surface area contributed by atoms with Crippen LogP contribution in [0.15, 0.2) is 15.9 Å². The smallest absolute Gasteiger partial charge is 0.332 e. The SMILES string of the molecule is CCCn1c(=O)c2[nH]cnc2n(C)c1=O.Cl.